The summed E-state index contributed by atoms with van der Waals surface area (Å²) >= 11 is 1.53. The Morgan fingerprint density at radius 2 is 2.22 bits per heavy atom. The minimum Gasteiger partial charge on any atom is -0.355 e. The van der Waals surface area contributed by atoms with Gasteiger partial charge in [-0.25, -0.2) is 0 Å². The van der Waals surface area contributed by atoms with E-state index in [1.54, 1.807) is 6.07 Å². The minimum absolute atomic E-state index is 0.238. The Bertz CT molecular complexity index is 957. The van der Waals surface area contributed by atoms with Crippen molar-refractivity contribution < 1.29 is 9.32 Å². The zero-order chi connectivity index (χ0) is 15.6. The van der Waals surface area contributed by atoms with Crippen molar-refractivity contribution in [3.8, 4) is 10.6 Å². The van der Waals surface area contributed by atoms with Gasteiger partial charge in [-0.05, 0) is 23.6 Å². The molecule has 0 saturated heterocycles. The predicted molar refractivity (Wildman–Crippen MR) is 84.0 cm³/mol. The summed E-state index contributed by atoms with van der Waals surface area (Å²) in [6, 6.07) is 11.1. The summed E-state index contributed by atoms with van der Waals surface area (Å²) in [6.45, 7) is 0.255. The average molecular weight is 325 g/mol. The van der Waals surface area contributed by atoms with E-state index >= 15 is 0 Å². The summed E-state index contributed by atoms with van der Waals surface area (Å²) < 4.78 is 7.02. The highest BCUT2D eigenvalue weighted by atomic mass is 32.1. The van der Waals surface area contributed by atoms with E-state index in [4.69, 9.17) is 4.52 Å². The molecule has 0 aliphatic carbocycles. The van der Waals surface area contributed by atoms with Crippen LogP contribution < -0.4 is 5.32 Å². The van der Waals surface area contributed by atoms with Crippen molar-refractivity contribution in [3.63, 3.8) is 0 Å². The van der Waals surface area contributed by atoms with Gasteiger partial charge in [-0.3, -0.25) is 9.20 Å². The zero-order valence-electron chi connectivity index (χ0n) is 11.8. The molecule has 0 aromatic carbocycles. The molecule has 8 heteroatoms. The fourth-order valence-corrected chi connectivity index (χ4v) is 2.85. The predicted octanol–water partition coefficient (Wildman–Crippen LogP) is 2.38. The normalized spacial score (nSPS) is 11.0. The number of amides is 1. The van der Waals surface area contributed by atoms with Crippen LogP contribution in [0.15, 0.2) is 52.5 Å². The second-order valence-corrected chi connectivity index (χ2v) is 5.73. The highest BCUT2D eigenvalue weighted by Crippen LogP contribution is 2.25. The van der Waals surface area contributed by atoms with E-state index in [1.165, 1.54) is 11.3 Å². The first-order valence-electron chi connectivity index (χ1n) is 6.89. The van der Waals surface area contributed by atoms with Gasteiger partial charge in [0.25, 0.3) is 5.91 Å². The maximum atomic E-state index is 12.2. The van der Waals surface area contributed by atoms with Crippen molar-refractivity contribution in [2.45, 2.75) is 6.54 Å². The Labute approximate surface area is 134 Å². The number of carbonyl (C=O) groups is 1. The molecule has 1 amide bonds. The fourth-order valence-electron chi connectivity index (χ4n) is 2.18. The molecule has 0 fully saturated rings. The molecule has 0 aliphatic rings. The third kappa shape index (κ3) is 2.59. The third-order valence-electron chi connectivity index (χ3n) is 3.30. The monoisotopic (exact) mass is 325 g/mol. The Morgan fingerprint density at radius 1 is 1.26 bits per heavy atom. The van der Waals surface area contributed by atoms with Crippen LogP contribution in [0.25, 0.3) is 16.3 Å². The molecule has 0 unspecified atom stereocenters. The molecule has 0 spiro atoms. The average Bonchev–Trinajstić information content (AvgIpc) is 3.31. The highest BCUT2D eigenvalue weighted by molar-refractivity contribution is 7.13. The van der Waals surface area contributed by atoms with Crippen molar-refractivity contribution in [2.24, 2.45) is 0 Å². The number of rotatable bonds is 4. The van der Waals surface area contributed by atoms with E-state index in [0.717, 1.165) is 10.5 Å². The SMILES string of the molecule is O=C(NCc1nnc2ccccn12)c1cc(-c2cccs2)on1. The number of pyridine rings is 1. The van der Waals surface area contributed by atoms with Gasteiger partial charge in [-0.1, -0.05) is 17.3 Å². The minimum atomic E-state index is -0.316. The first-order chi connectivity index (χ1) is 11.3. The number of aromatic nitrogens is 4. The lowest BCUT2D eigenvalue weighted by Gasteiger charge is -2.01. The quantitative estimate of drug-likeness (QED) is 0.622. The van der Waals surface area contributed by atoms with Crippen LogP contribution in [0.1, 0.15) is 16.3 Å². The molecule has 0 atom stereocenters. The van der Waals surface area contributed by atoms with E-state index in [-0.39, 0.29) is 18.1 Å². The van der Waals surface area contributed by atoms with Crippen molar-refractivity contribution in [3.05, 3.63) is 59.5 Å². The summed E-state index contributed by atoms with van der Waals surface area (Å²) in [6.07, 6.45) is 1.85. The largest absolute Gasteiger partial charge is 0.355 e. The third-order valence-corrected chi connectivity index (χ3v) is 4.18. The van der Waals surface area contributed by atoms with Crippen molar-refractivity contribution in [1.29, 1.82) is 0 Å². The van der Waals surface area contributed by atoms with Crippen LogP contribution in [0.3, 0.4) is 0 Å². The standard InChI is InChI=1S/C15H11N5O2S/c21-15(10-8-11(22-19-10)12-4-3-7-23-12)16-9-14-18-17-13-5-1-2-6-20(13)14/h1-8H,9H2,(H,16,21). The lowest BCUT2D eigenvalue weighted by Crippen LogP contribution is -2.24. The van der Waals surface area contributed by atoms with Crippen LogP contribution in [-0.2, 0) is 6.54 Å². The Kier molecular flexibility index (Phi) is 3.35. The summed E-state index contributed by atoms with van der Waals surface area (Å²) in [4.78, 5) is 13.1. The molecule has 0 aliphatic heterocycles. The topological polar surface area (TPSA) is 85.3 Å². The molecule has 114 valence electrons. The molecule has 7 nitrogen and oxygen atoms in total. The number of thiophene rings is 1. The van der Waals surface area contributed by atoms with Crippen LogP contribution in [-0.4, -0.2) is 25.7 Å². The number of carbonyl (C=O) groups excluding carboxylic acids is 1. The van der Waals surface area contributed by atoms with E-state index in [0.29, 0.717) is 11.6 Å². The zero-order valence-corrected chi connectivity index (χ0v) is 12.7. The van der Waals surface area contributed by atoms with Gasteiger partial charge >= 0.3 is 0 Å². The molecular formula is C15H11N5O2S. The molecule has 0 saturated carbocycles. The smallest absolute Gasteiger partial charge is 0.273 e. The number of hydrogen-bond donors (Lipinski definition) is 1. The molecule has 4 rings (SSSR count). The molecule has 4 heterocycles. The summed E-state index contributed by atoms with van der Waals surface area (Å²) in [5, 5.41) is 16.6. The fraction of sp³-hybridized carbons (Fsp3) is 0.0667. The first-order valence-corrected chi connectivity index (χ1v) is 7.77. The molecule has 4 aromatic rings. The summed E-state index contributed by atoms with van der Waals surface area (Å²) in [5.41, 5.74) is 0.973. The van der Waals surface area contributed by atoms with Gasteiger partial charge in [0, 0.05) is 12.3 Å². The van der Waals surface area contributed by atoms with Crippen LogP contribution in [0, 0.1) is 0 Å². The molecular weight excluding hydrogens is 314 g/mol. The molecule has 4 aromatic heterocycles. The second-order valence-electron chi connectivity index (χ2n) is 4.78. The molecule has 23 heavy (non-hydrogen) atoms. The van der Waals surface area contributed by atoms with Crippen LogP contribution in [0.2, 0.25) is 0 Å². The highest BCUT2D eigenvalue weighted by Gasteiger charge is 2.15. The number of hydrogen-bond acceptors (Lipinski definition) is 6. The molecule has 0 bridgehead atoms. The van der Waals surface area contributed by atoms with Crippen molar-refractivity contribution >= 4 is 22.9 Å². The molecule has 1 N–H and O–H groups in total. The number of fused-ring (bicyclic) bond motifs is 1. The van der Waals surface area contributed by atoms with Crippen LogP contribution in [0.4, 0.5) is 0 Å². The Balaban J connectivity index is 1.48. The van der Waals surface area contributed by atoms with E-state index in [1.807, 2.05) is 46.3 Å². The Morgan fingerprint density at radius 3 is 3.09 bits per heavy atom. The second kappa shape index (κ2) is 5.65. The molecule has 0 radical (unpaired) electrons. The van der Waals surface area contributed by atoms with Gasteiger partial charge in [-0.2, -0.15) is 0 Å². The van der Waals surface area contributed by atoms with E-state index in [9.17, 15) is 4.79 Å². The lowest BCUT2D eigenvalue weighted by molar-refractivity contribution is 0.0941. The van der Waals surface area contributed by atoms with Gasteiger partial charge in [-0.15, -0.1) is 21.5 Å². The van der Waals surface area contributed by atoms with Crippen molar-refractivity contribution in [1.82, 2.24) is 25.1 Å². The van der Waals surface area contributed by atoms with Gasteiger partial charge in [0.1, 0.15) is 0 Å². The Hall–Kier alpha value is -3.00. The van der Waals surface area contributed by atoms with Crippen LogP contribution >= 0.6 is 11.3 Å². The summed E-state index contributed by atoms with van der Waals surface area (Å²) in [5.74, 6) is 0.915. The van der Waals surface area contributed by atoms with Gasteiger partial charge in [0.15, 0.2) is 22.9 Å². The first kappa shape index (κ1) is 13.6. The van der Waals surface area contributed by atoms with E-state index < -0.39 is 0 Å². The van der Waals surface area contributed by atoms with Crippen molar-refractivity contribution in [2.75, 3.05) is 0 Å². The van der Waals surface area contributed by atoms with E-state index in [2.05, 4.69) is 20.7 Å². The van der Waals surface area contributed by atoms with Gasteiger partial charge in [0.05, 0.1) is 11.4 Å². The van der Waals surface area contributed by atoms with Gasteiger partial charge in [0.2, 0.25) is 0 Å². The number of nitrogens with zero attached hydrogens (tertiary/aromatic N) is 4. The number of nitrogens with one attached hydrogen (secondary N) is 1. The summed E-state index contributed by atoms with van der Waals surface area (Å²) in [7, 11) is 0. The van der Waals surface area contributed by atoms with Crippen LogP contribution in [0.5, 0.6) is 0 Å². The lowest BCUT2D eigenvalue weighted by atomic mass is 10.3. The van der Waals surface area contributed by atoms with Gasteiger partial charge < -0.3 is 9.84 Å². The maximum absolute atomic E-state index is 12.2. The maximum Gasteiger partial charge on any atom is 0.273 e.